The summed E-state index contributed by atoms with van der Waals surface area (Å²) in [7, 11) is 0. The van der Waals surface area contributed by atoms with Crippen molar-refractivity contribution in [1.29, 1.82) is 0 Å². The van der Waals surface area contributed by atoms with E-state index in [0.717, 1.165) is 18.2 Å². The van der Waals surface area contributed by atoms with Crippen LogP contribution in [-0.4, -0.2) is 4.98 Å². The van der Waals surface area contributed by atoms with E-state index in [2.05, 4.69) is 11.1 Å². The van der Waals surface area contributed by atoms with Crippen LogP contribution in [0.5, 0.6) is 11.6 Å². The summed E-state index contributed by atoms with van der Waals surface area (Å²) in [5.74, 6) is -1.22. The van der Waals surface area contributed by atoms with Crippen molar-refractivity contribution in [2.24, 2.45) is 0 Å². The van der Waals surface area contributed by atoms with Crippen LogP contribution in [0.15, 0.2) is 36.5 Å². The molecule has 2 rings (SSSR count). The van der Waals surface area contributed by atoms with E-state index in [1.54, 1.807) is 6.07 Å². The molecule has 0 amide bonds. The van der Waals surface area contributed by atoms with Gasteiger partial charge in [0, 0.05) is 18.3 Å². The average molecular weight is 206 g/mol. The highest BCUT2D eigenvalue weighted by molar-refractivity contribution is 5.28. The summed E-state index contributed by atoms with van der Waals surface area (Å²) >= 11 is 0. The lowest BCUT2D eigenvalue weighted by Gasteiger charge is -2.04. The van der Waals surface area contributed by atoms with Crippen LogP contribution in [0, 0.1) is 17.7 Å². The highest BCUT2D eigenvalue weighted by Crippen LogP contribution is 2.23. The topological polar surface area (TPSA) is 22.1 Å². The van der Waals surface area contributed by atoms with E-state index in [1.165, 1.54) is 12.3 Å². The summed E-state index contributed by atoms with van der Waals surface area (Å²) in [5.41, 5.74) is 0. The SMILES string of the molecule is Fc1ccc(F)c(Oc2c[c]ccn2)c1. The molecule has 2 aromatic rings. The molecule has 1 radical (unpaired) electrons. The first-order chi connectivity index (χ1) is 7.25. The first-order valence-electron chi connectivity index (χ1n) is 4.21. The van der Waals surface area contributed by atoms with Gasteiger partial charge in [-0.2, -0.15) is 0 Å². The average Bonchev–Trinajstić information content (AvgIpc) is 2.25. The number of rotatable bonds is 2. The van der Waals surface area contributed by atoms with E-state index in [9.17, 15) is 8.78 Å². The van der Waals surface area contributed by atoms with E-state index < -0.39 is 11.6 Å². The first-order valence-corrected chi connectivity index (χ1v) is 4.21. The summed E-state index contributed by atoms with van der Waals surface area (Å²) in [6.45, 7) is 0. The summed E-state index contributed by atoms with van der Waals surface area (Å²) < 4.78 is 30.9. The van der Waals surface area contributed by atoms with Gasteiger partial charge in [-0.3, -0.25) is 0 Å². The first kappa shape index (κ1) is 9.58. The van der Waals surface area contributed by atoms with Crippen molar-refractivity contribution >= 4 is 0 Å². The molecule has 1 heterocycles. The van der Waals surface area contributed by atoms with Gasteiger partial charge >= 0.3 is 0 Å². The minimum absolute atomic E-state index is 0.169. The van der Waals surface area contributed by atoms with Crippen molar-refractivity contribution in [3.05, 3.63) is 54.2 Å². The number of halogens is 2. The number of aromatic nitrogens is 1. The van der Waals surface area contributed by atoms with Crippen LogP contribution in [0.4, 0.5) is 8.78 Å². The fourth-order valence-electron chi connectivity index (χ4n) is 1.03. The zero-order valence-corrected chi connectivity index (χ0v) is 7.58. The summed E-state index contributed by atoms with van der Waals surface area (Å²) in [6, 6.07) is 8.70. The maximum atomic E-state index is 13.1. The molecule has 1 aromatic carbocycles. The minimum Gasteiger partial charge on any atom is -0.436 e. The van der Waals surface area contributed by atoms with Gasteiger partial charge in [0.2, 0.25) is 5.88 Å². The summed E-state index contributed by atoms with van der Waals surface area (Å²) in [6.07, 6.45) is 1.45. The van der Waals surface area contributed by atoms with Gasteiger partial charge in [-0.25, -0.2) is 13.8 Å². The van der Waals surface area contributed by atoms with Gasteiger partial charge < -0.3 is 4.74 Å². The Morgan fingerprint density at radius 2 is 2.13 bits per heavy atom. The number of hydrogen-bond acceptors (Lipinski definition) is 2. The molecule has 0 aliphatic rings. The molecule has 1 aromatic heterocycles. The lowest BCUT2D eigenvalue weighted by atomic mass is 10.3. The molecular weight excluding hydrogens is 200 g/mol. The predicted molar refractivity (Wildman–Crippen MR) is 49.5 cm³/mol. The maximum absolute atomic E-state index is 13.1. The molecule has 0 atom stereocenters. The molecule has 2 nitrogen and oxygen atoms in total. The van der Waals surface area contributed by atoms with E-state index in [4.69, 9.17) is 4.74 Å². The van der Waals surface area contributed by atoms with E-state index in [1.807, 2.05) is 0 Å². The molecule has 0 saturated carbocycles. The molecule has 0 aliphatic heterocycles. The molecule has 0 N–H and O–H groups in total. The molecule has 0 spiro atoms. The second-order valence-electron chi connectivity index (χ2n) is 2.77. The van der Waals surface area contributed by atoms with Gasteiger partial charge in [0.25, 0.3) is 0 Å². The van der Waals surface area contributed by atoms with Crippen molar-refractivity contribution in [2.75, 3.05) is 0 Å². The van der Waals surface area contributed by atoms with Crippen LogP contribution >= 0.6 is 0 Å². The van der Waals surface area contributed by atoms with Crippen LogP contribution in [0.25, 0.3) is 0 Å². The van der Waals surface area contributed by atoms with Gasteiger partial charge in [-0.05, 0) is 24.3 Å². The van der Waals surface area contributed by atoms with Crippen molar-refractivity contribution in [2.45, 2.75) is 0 Å². The smallest absolute Gasteiger partial charge is 0.219 e. The number of nitrogens with zero attached hydrogens (tertiary/aromatic N) is 1. The summed E-state index contributed by atoms with van der Waals surface area (Å²) in [5, 5.41) is 0. The Labute approximate surface area is 85.2 Å². The third-order valence-electron chi connectivity index (χ3n) is 1.69. The van der Waals surface area contributed by atoms with Crippen LogP contribution < -0.4 is 4.74 Å². The van der Waals surface area contributed by atoms with Gasteiger partial charge in [0.15, 0.2) is 11.6 Å². The van der Waals surface area contributed by atoms with E-state index >= 15 is 0 Å². The predicted octanol–water partition coefficient (Wildman–Crippen LogP) is 2.95. The fourth-order valence-corrected chi connectivity index (χ4v) is 1.03. The maximum Gasteiger partial charge on any atom is 0.219 e. The molecular formula is C11H6F2NO. The van der Waals surface area contributed by atoms with Crippen molar-refractivity contribution in [3.8, 4) is 11.6 Å². The Hall–Kier alpha value is -1.97. The lowest BCUT2D eigenvalue weighted by Crippen LogP contribution is -1.91. The van der Waals surface area contributed by atoms with Crippen molar-refractivity contribution < 1.29 is 13.5 Å². The number of benzene rings is 1. The molecule has 0 bridgehead atoms. The number of hydrogen-bond donors (Lipinski definition) is 0. The van der Waals surface area contributed by atoms with Crippen LogP contribution in [0.3, 0.4) is 0 Å². The zero-order chi connectivity index (χ0) is 10.7. The normalized spacial score (nSPS) is 10.0. The molecule has 0 unspecified atom stereocenters. The quantitative estimate of drug-likeness (QED) is 0.753. The third kappa shape index (κ3) is 2.28. The zero-order valence-electron chi connectivity index (χ0n) is 7.58. The number of ether oxygens (including phenoxy) is 1. The van der Waals surface area contributed by atoms with Gasteiger partial charge in [0.1, 0.15) is 5.82 Å². The third-order valence-corrected chi connectivity index (χ3v) is 1.69. The Morgan fingerprint density at radius 3 is 2.87 bits per heavy atom. The summed E-state index contributed by atoms with van der Waals surface area (Å²) in [4.78, 5) is 3.80. The van der Waals surface area contributed by atoms with E-state index in [-0.39, 0.29) is 11.6 Å². The minimum atomic E-state index is -0.637. The van der Waals surface area contributed by atoms with Gasteiger partial charge in [-0.1, -0.05) is 0 Å². The Balaban J connectivity index is 2.28. The van der Waals surface area contributed by atoms with Crippen LogP contribution in [0.2, 0.25) is 0 Å². The second kappa shape index (κ2) is 4.04. The van der Waals surface area contributed by atoms with Gasteiger partial charge in [-0.15, -0.1) is 0 Å². The molecule has 0 fully saturated rings. The second-order valence-corrected chi connectivity index (χ2v) is 2.77. The lowest BCUT2D eigenvalue weighted by molar-refractivity contribution is 0.422. The monoisotopic (exact) mass is 206 g/mol. The Kier molecular flexibility index (Phi) is 2.58. The van der Waals surface area contributed by atoms with E-state index in [0.29, 0.717) is 0 Å². The number of pyridine rings is 1. The molecule has 75 valence electrons. The Bertz CT molecular complexity index is 459. The largest absolute Gasteiger partial charge is 0.436 e. The van der Waals surface area contributed by atoms with Crippen molar-refractivity contribution in [1.82, 2.24) is 4.98 Å². The highest BCUT2D eigenvalue weighted by atomic mass is 19.1. The molecule has 4 heteroatoms. The van der Waals surface area contributed by atoms with Crippen molar-refractivity contribution in [3.63, 3.8) is 0 Å². The molecule has 0 aliphatic carbocycles. The standard InChI is InChI=1S/C11H6F2NO/c12-8-4-5-9(13)10(7-8)15-11-3-1-2-6-14-11/h2-7H. The Morgan fingerprint density at radius 1 is 1.27 bits per heavy atom. The molecule has 15 heavy (non-hydrogen) atoms. The molecule has 0 saturated heterocycles. The van der Waals surface area contributed by atoms with Crippen LogP contribution in [-0.2, 0) is 0 Å². The fraction of sp³-hybridized carbons (Fsp3) is 0. The highest BCUT2D eigenvalue weighted by Gasteiger charge is 2.06. The van der Waals surface area contributed by atoms with Crippen LogP contribution in [0.1, 0.15) is 0 Å². The van der Waals surface area contributed by atoms with Gasteiger partial charge in [0.05, 0.1) is 0 Å².